The smallest absolute Gasteiger partial charge is 0.214 e. The Labute approximate surface area is 98.7 Å². The van der Waals surface area contributed by atoms with Crippen LogP contribution < -0.4 is 5.73 Å². The summed E-state index contributed by atoms with van der Waals surface area (Å²) in [5, 5.41) is 0. The van der Waals surface area contributed by atoms with Gasteiger partial charge in [0.15, 0.2) is 0 Å². The molecule has 17 heavy (non-hydrogen) atoms. The Kier molecular flexibility index (Phi) is 1.47. The highest BCUT2D eigenvalue weighted by Crippen LogP contribution is 2.42. The van der Waals surface area contributed by atoms with Gasteiger partial charge in [-0.15, -0.1) is 0 Å². The predicted octanol–water partition coefficient (Wildman–Crippen LogP) is 1.77. The molecule has 0 atom stereocenters. The van der Waals surface area contributed by atoms with Crippen molar-refractivity contribution in [2.24, 2.45) is 12.8 Å². The average molecular weight is 226 g/mol. The van der Waals surface area contributed by atoms with Crippen molar-refractivity contribution in [1.29, 1.82) is 0 Å². The lowest BCUT2D eigenvalue weighted by Gasteiger charge is -2.02. The van der Waals surface area contributed by atoms with Crippen LogP contribution in [0.2, 0.25) is 0 Å². The molecular formula is C13H14N4. The molecule has 4 heteroatoms. The minimum absolute atomic E-state index is 0.160. The highest BCUT2D eigenvalue weighted by atomic mass is 15.2. The van der Waals surface area contributed by atoms with Crippen molar-refractivity contribution in [1.82, 2.24) is 14.0 Å². The summed E-state index contributed by atoms with van der Waals surface area (Å²) in [5.41, 5.74) is 9.45. The monoisotopic (exact) mass is 226 g/mol. The fraction of sp³-hybridized carbons (Fsp3) is 0.308. The molecule has 0 aliphatic heterocycles. The van der Waals surface area contributed by atoms with E-state index in [1.807, 2.05) is 13.1 Å². The normalized spacial score (nSPS) is 18.0. The van der Waals surface area contributed by atoms with Gasteiger partial charge >= 0.3 is 0 Å². The molecule has 4 rings (SSSR count). The van der Waals surface area contributed by atoms with Crippen LogP contribution in [0.15, 0.2) is 30.5 Å². The number of hydrogen-bond acceptors (Lipinski definition) is 2. The quantitative estimate of drug-likeness (QED) is 0.687. The van der Waals surface area contributed by atoms with Crippen LogP contribution >= 0.6 is 0 Å². The van der Waals surface area contributed by atoms with E-state index in [4.69, 9.17) is 5.73 Å². The molecule has 0 bridgehead atoms. The van der Waals surface area contributed by atoms with Crippen LogP contribution in [0.3, 0.4) is 0 Å². The van der Waals surface area contributed by atoms with Gasteiger partial charge in [0, 0.05) is 13.2 Å². The summed E-state index contributed by atoms with van der Waals surface area (Å²) in [6, 6.07) is 8.33. The number of aryl methyl sites for hydroxylation is 1. The topological polar surface area (TPSA) is 48.2 Å². The van der Waals surface area contributed by atoms with Crippen molar-refractivity contribution in [3.63, 3.8) is 0 Å². The van der Waals surface area contributed by atoms with Crippen LogP contribution in [-0.2, 0) is 12.6 Å². The van der Waals surface area contributed by atoms with Gasteiger partial charge in [-0.1, -0.05) is 12.1 Å². The number of hydrogen-bond donors (Lipinski definition) is 1. The number of para-hydroxylation sites is 2. The molecule has 1 aromatic carbocycles. The summed E-state index contributed by atoms with van der Waals surface area (Å²) in [6.07, 6.45) is 4.19. The van der Waals surface area contributed by atoms with E-state index < -0.39 is 0 Å². The number of nitrogens with zero attached hydrogens (tertiary/aromatic N) is 3. The third-order valence-electron chi connectivity index (χ3n) is 3.79. The van der Waals surface area contributed by atoms with Crippen molar-refractivity contribution >= 4 is 16.8 Å². The summed E-state index contributed by atoms with van der Waals surface area (Å²) in [5.74, 6) is 0.970. The molecule has 2 heterocycles. The van der Waals surface area contributed by atoms with Gasteiger partial charge in [0.05, 0.1) is 22.3 Å². The van der Waals surface area contributed by atoms with Crippen molar-refractivity contribution in [3.8, 4) is 0 Å². The van der Waals surface area contributed by atoms with Crippen LogP contribution in [0, 0.1) is 0 Å². The molecule has 86 valence electrons. The third kappa shape index (κ3) is 1.08. The molecule has 0 spiro atoms. The Morgan fingerprint density at radius 2 is 1.94 bits per heavy atom. The van der Waals surface area contributed by atoms with Gasteiger partial charge in [-0.3, -0.25) is 4.40 Å². The maximum Gasteiger partial charge on any atom is 0.214 e. The largest absolute Gasteiger partial charge is 0.320 e. The van der Waals surface area contributed by atoms with Gasteiger partial charge in [-0.05, 0) is 25.0 Å². The number of benzene rings is 1. The lowest BCUT2D eigenvalue weighted by molar-refractivity contribution is 0.713. The van der Waals surface area contributed by atoms with Crippen molar-refractivity contribution in [2.45, 2.75) is 18.4 Å². The standard InChI is InChI=1S/C13H14N4/c1-16-9-4-2-3-5-10(9)17-8-11(15-12(16)17)13(14)6-7-13/h2-5,8H,6-7,14H2,1H3. The second-order valence-electron chi connectivity index (χ2n) is 5.00. The summed E-state index contributed by atoms with van der Waals surface area (Å²) >= 11 is 0. The zero-order valence-corrected chi connectivity index (χ0v) is 9.72. The molecule has 0 unspecified atom stereocenters. The van der Waals surface area contributed by atoms with E-state index in [-0.39, 0.29) is 5.54 Å². The van der Waals surface area contributed by atoms with E-state index in [1.54, 1.807) is 0 Å². The van der Waals surface area contributed by atoms with Gasteiger partial charge < -0.3 is 10.3 Å². The molecule has 1 saturated carbocycles. The molecule has 2 N–H and O–H groups in total. The van der Waals surface area contributed by atoms with Crippen LogP contribution in [-0.4, -0.2) is 14.0 Å². The molecular weight excluding hydrogens is 212 g/mol. The number of fused-ring (bicyclic) bond motifs is 3. The van der Waals surface area contributed by atoms with Crippen molar-refractivity contribution < 1.29 is 0 Å². The van der Waals surface area contributed by atoms with Crippen LogP contribution in [0.4, 0.5) is 0 Å². The molecule has 1 aliphatic carbocycles. The van der Waals surface area contributed by atoms with Crippen molar-refractivity contribution in [3.05, 3.63) is 36.2 Å². The Morgan fingerprint density at radius 1 is 1.24 bits per heavy atom. The van der Waals surface area contributed by atoms with Crippen molar-refractivity contribution in [2.75, 3.05) is 0 Å². The van der Waals surface area contributed by atoms with Gasteiger partial charge in [-0.25, -0.2) is 4.98 Å². The lowest BCUT2D eigenvalue weighted by atomic mass is 10.2. The van der Waals surface area contributed by atoms with E-state index in [9.17, 15) is 0 Å². The molecule has 0 amide bonds. The van der Waals surface area contributed by atoms with Gasteiger partial charge in [0.25, 0.3) is 0 Å². The number of rotatable bonds is 1. The number of aromatic nitrogens is 3. The van der Waals surface area contributed by atoms with E-state index in [0.717, 1.165) is 24.3 Å². The molecule has 1 fully saturated rings. The van der Waals surface area contributed by atoms with Crippen LogP contribution in [0.25, 0.3) is 16.8 Å². The fourth-order valence-electron chi connectivity index (χ4n) is 2.47. The van der Waals surface area contributed by atoms with Crippen LogP contribution in [0.1, 0.15) is 18.5 Å². The van der Waals surface area contributed by atoms with E-state index in [2.05, 4.69) is 38.3 Å². The molecule has 3 aromatic rings. The summed E-state index contributed by atoms with van der Waals surface area (Å²) < 4.78 is 4.25. The summed E-state index contributed by atoms with van der Waals surface area (Å²) in [4.78, 5) is 4.68. The first-order valence-electron chi connectivity index (χ1n) is 5.91. The van der Waals surface area contributed by atoms with Gasteiger partial charge in [-0.2, -0.15) is 0 Å². The highest BCUT2D eigenvalue weighted by Gasteiger charge is 2.42. The average Bonchev–Trinajstić information content (AvgIpc) is 2.87. The SMILES string of the molecule is Cn1c2ccccc2n2cc(C3(N)CC3)nc12. The maximum absolute atomic E-state index is 6.20. The fourth-order valence-corrected chi connectivity index (χ4v) is 2.47. The van der Waals surface area contributed by atoms with E-state index in [1.165, 1.54) is 11.0 Å². The second-order valence-corrected chi connectivity index (χ2v) is 5.00. The first kappa shape index (κ1) is 9.24. The molecule has 1 aliphatic rings. The number of nitrogens with two attached hydrogens (primary N) is 1. The third-order valence-corrected chi connectivity index (χ3v) is 3.79. The number of imidazole rings is 2. The Morgan fingerprint density at radius 3 is 2.65 bits per heavy atom. The van der Waals surface area contributed by atoms with Crippen LogP contribution in [0.5, 0.6) is 0 Å². The maximum atomic E-state index is 6.20. The first-order chi connectivity index (χ1) is 8.19. The molecule has 2 aromatic heterocycles. The Bertz CT molecular complexity index is 730. The Hall–Kier alpha value is -1.81. The second kappa shape index (κ2) is 2.71. The van der Waals surface area contributed by atoms with E-state index >= 15 is 0 Å². The molecule has 4 nitrogen and oxygen atoms in total. The minimum atomic E-state index is -0.160. The first-order valence-corrected chi connectivity index (χ1v) is 5.91. The summed E-state index contributed by atoms with van der Waals surface area (Å²) in [6.45, 7) is 0. The summed E-state index contributed by atoms with van der Waals surface area (Å²) in [7, 11) is 2.05. The van der Waals surface area contributed by atoms with Gasteiger partial charge in [0.1, 0.15) is 0 Å². The van der Waals surface area contributed by atoms with Gasteiger partial charge in [0.2, 0.25) is 5.78 Å². The zero-order chi connectivity index (χ0) is 11.6. The Balaban J connectivity index is 2.11. The van der Waals surface area contributed by atoms with E-state index in [0.29, 0.717) is 0 Å². The highest BCUT2D eigenvalue weighted by molar-refractivity contribution is 5.80. The molecule has 0 saturated heterocycles. The zero-order valence-electron chi connectivity index (χ0n) is 9.72. The predicted molar refractivity (Wildman–Crippen MR) is 66.8 cm³/mol. The molecule has 0 radical (unpaired) electrons. The lowest BCUT2D eigenvalue weighted by Crippen LogP contribution is -2.19. The minimum Gasteiger partial charge on any atom is -0.320 e.